The number of benzene rings is 1. The first-order valence-electron chi connectivity index (χ1n) is 8.05. The van der Waals surface area contributed by atoms with Crippen LogP contribution in [0.2, 0.25) is 0 Å². The molecule has 7 heteroatoms. The molecule has 0 aliphatic carbocycles. The third-order valence-corrected chi connectivity index (χ3v) is 4.78. The van der Waals surface area contributed by atoms with Crippen LogP contribution in [-0.2, 0) is 10.3 Å². The number of nitro groups is 1. The Hall–Kier alpha value is -2.54. The van der Waals surface area contributed by atoms with E-state index < -0.39 is 10.5 Å². The number of aromatic nitrogens is 2. The lowest BCUT2D eigenvalue weighted by Crippen LogP contribution is -2.52. The number of carbonyl (C=O) groups excluding carboxylic acids is 1. The molecule has 1 aromatic carbocycles. The molecule has 1 aromatic heterocycles. The zero-order chi connectivity index (χ0) is 17.2. The first kappa shape index (κ1) is 16.3. The van der Waals surface area contributed by atoms with Crippen molar-refractivity contribution in [3.63, 3.8) is 0 Å². The van der Waals surface area contributed by atoms with Crippen molar-refractivity contribution in [1.29, 1.82) is 0 Å². The van der Waals surface area contributed by atoms with E-state index in [4.69, 9.17) is 0 Å². The molecule has 1 atom stereocenters. The summed E-state index contributed by atoms with van der Waals surface area (Å²) >= 11 is 0. The van der Waals surface area contributed by atoms with Gasteiger partial charge in [0.2, 0.25) is 0 Å². The maximum absolute atomic E-state index is 12.3. The minimum atomic E-state index is -1.13. The van der Waals surface area contributed by atoms with E-state index >= 15 is 0 Å². The number of hydrogen-bond acceptors (Lipinski definition) is 5. The minimum Gasteiger partial charge on any atom is -0.358 e. The highest BCUT2D eigenvalue weighted by Gasteiger charge is 2.47. The Kier molecular flexibility index (Phi) is 4.44. The maximum atomic E-state index is 12.3. The number of imidazole rings is 1. The second-order valence-electron chi connectivity index (χ2n) is 6.28. The average molecular weight is 328 g/mol. The number of likely N-dealkylation sites (tertiary alicyclic amines) is 1. The van der Waals surface area contributed by atoms with E-state index in [-0.39, 0.29) is 5.82 Å². The summed E-state index contributed by atoms with van der Waals surface area (Å²) in [5.74, 6) is 0.620. The van der Waals surface area contributed by atoms with Gasteiger partial charge in [0.1, 0.15) is 6.20 Å². The van der Waals surface area contributed by atoms with Gasteiger partial charge in [-0.25, -0.2) is 0 Å². The summed E-state index contributed by atoms with van der Waals surface area (Å²) in [6, 6.07) is 9.32. The number of nitrogens with zero attached hydrogens (tertiary/aromatic N) is 3. The number of H-pyrrole nitrogens is 1. The van der Waals surface area contributed by atoms with Gasteiger partial charge in [0.05, 0.1) is 0 Å². The number of nitrogens with one attached hydrogen (secondary N) is 1. The molecular weight excluding hydrogens is 308 g/mol. The largest absolute Gasteiger partial charge is 0.381 e. The van der Waals surface area contributed by atoms with Crippen molar-refractivity contribution in [3.8, 4) is 0 Å². The molecule has 3 rings (SSSR count). The lowest BCUT2D eigenvalue weighted by atomic mass is 9.85. The van der Waals surface area contributed by atoms with Gasteiger partial charge in [-0.2, -0.15) is 0 Å². The van der Waals surface area contributed by atoms with Gasteiger partial charge in [0.25, 0.3) is 5.82 Å². The second kappa shape index (κ2) is 6.52. The van der Waals surface area contributed by atoms with E-state index in [9.17, 15) is 14.9 Å². The van der Waals surface area contributed by atoms with Crippen LogP contribution in [0.25, 0.3) is 0 Å². The number of piperidine rings is 1. The van der Waals surface area contributed by atoms with E-state index in [1.807, 2.05) is 30.3 Å². The van der Waals surface area contributed by atoms with Crippen LogP contribution in [0.3, 0.4) is 0 Å². The fraction of sp³-hybridized carbons (Fsp3) is 0.412. The Labute approximate surface area is 139 Å². The standard InChI is InChI=1S/C17H20N4O3/c1-13-7-9-20(10-8-13)17(12-22,14-5-3-2-4-6-14)16-18-11-15(19-16)21(23)24/h2-6,11-13H,7-10H2,1H3,(H,18,19). The van der Waals surface area contributed by atoms with Crippen LogP contribution in [0.15, 0.2) is 36.5 Å². The maximum Gasteiger partial charge on any atom is 0.381 e. The van der Waals surface area contributed by atoms with Gasteiger partial charge in [-0.1, -0.05) is 37.3 Å². The number of carbonyl (C=O) groups is 1. The van der Waals surface area contributed by atoms with Crippen molar-refractivity contribution in [2.75, 3.05) is 13.1 Å². The van der Waals surface area contributed by atoms with Crippen molar-refractivity contribution >= 4 is 12.1 Å². The van der Waals surface area contributed by atoms with Crippen LogP contribution < -0.4 is 0 Å². The number of aldehydes is 1. The molecule has 1 unspecified atom stereocenters. The quantitative estimate of drug-likeness (QED) is 0.517. The van der Waals surface area contributed by atoms with Crippen LogP contribution in [0, 0.1) is 16.0 Å². The highest BCUT2D eigenvalue weighted by atomic mass is 16.6. The summed E-state index contributed by atoms with van der Waals surface area (Å²) in [6.07, 6.45) is 4.04. The Balaban J connectivity index is 2.11. The molecule has 7 nitrogen and oxygen atoms in total. The first-order valence-corrected chi connectivity index (χ1v) is 8.05. The third kappa shape index (κ3) is 2.71. The SMILES string of the molecule is CC1CCN(C(C=O)(c2ccccc2)c2nc([N+](=O)[O-])c[nH]2)CC1. The van der Waals surface area contributed by atoms with Gasteiger partial charge < -0.3 is 19.9 Å². The molecule has 24 heavy (non-hydrogen) atoms. The molecular formula is C17H20N4O3. The monoisotopic (exact) mass is 328 g/mol. The van der Waals surface area contributed by atoms with Gasteiger partial charge in [0, 0.05) is 13.1 Å². The zero-order valence-corrected chi connectivity index (χ0v) is 13.5. The molecule has 0 saturated carbocycles. The van der Waals surface area contributed by atoms with Gasteiger partial charge in [-0.05, 0) is 34.2 Å². The fourth-order valence-electron chi connectivity index (χ4n) is 3.32. The fourth-order valence-corrected chi connectivity index (χ4v) is 3.32. The zero-order valence-electron chi connectivity index (χ0n) is 13.5. The average Bonchev–Trinajstić information content (AvgIpc) is 3.09. The number of aromatic amines is 1. The molecule has 1 fully saturated rings. The van der Waals surface area contributed by atoms with Crippen molar-refractivity contribution < 1.29 is 9.72 Å². The Morgan fingerprint density at radius 2 is 2.00 bits per heavy atom. The van der Waals surface area contributed by atoms with Gasteiger partial charge in [0.15, 0.2) is 11.8 Å². The van der Waals surface area contributed by atoms with E-state index in [1.54, 1.807) is 0 Å². The predicted octanol–water partition coefficient (Wildman–Crippen LogP) is 2.49. The topological polar surface area (TPSA) is 92.1 Å². The molecule has 2 aromatic rings. The summed E-state index contributed by atoms with van der Waals surface area (Å²) in [7, 11) is 0. The van der Waals surface area contributed by atoms with Crippen molar-refractivity contribution in [3.05, 3.63) is 58.0 Å². The van der Waals surface area contributed by atoms with Crippen LogP contribution in [-0.4, -0.2) is 39.2 Å². The van der Waals surface area contributed by atoms with E-state index in [0.717, 1.165) is 37.8 Å². The molecule has 1 aliphatic rings. The predicted molar refractivity (Wildman–Crippen MR) is 88.5 cm³/mol. The first-order chi connectivity index (χ1) is 11.6. The van der Waals surface area contributed by atoms with Crippen LogP contribution in [0.4, 0.5) is 5.82 Å². The normalized spacial score (nSPS) is 18.9. The van der Waals surface area contributed by atoms with Crippen molar-refractivity contribution in [2.45, 2.75) is 25.3 Å². The summed E-state index contributed by atoms with van der Waals surface area (Å²) in [5, 5.41) is 11.0. The van der Waals surface area contributed by atoms with Crippen molar-refractivity contribution in [2.24, 2.45) is 5.92 Å². The minimum absolute atomic E-state index is 0.280. The summed E-state index contributed by atoms with van der Waals surface area (Å²) in [6.45, 7) is 3.67. The Morgan fingerprint density at radius 1 is 1.33 bits per heavy atom. The Bertz CT molecular complexity index is 722. The van der Waals surface area contributed by atoms with Crippen LogP contribution in [0.5, 0.6) is 0 Å². The van der Waals surface area contributed by atoms with E-state index in [1.165, 1.54) is 6.20 Å². The second-order valence-corrected chi connectivity index (χ2v) is 6.28. The van der Waals surface area contributed by atoms with Crippen LogP contribution in [0.1, 0.15) is 31.2 Å². The van der Waals surface area contributed by atoms with Crippen LogP contribution >= 0.6 is 0 Å². The van der Waals surface area contributed by atoms with Gasteiger partial charge in [-0.15, -0.1) is 0 Å². The molecule has 126 valence electrons. The smallest absolute Gasteiger partial charge is 0.358 e. The molecule has 0 amide bonds. The lowest BCUT2D eigenvalue weighted by molar-refractivity contribution is -0.389. The molecule has 1 aliphatic heterocycles. The summed E-state index contributed by atoms with van der Waals surface area (Å²) in [5.41, 5.74) is -0.367. The van der Waals surface area contributed by atoms with Crippen molar-refractivity contribution in [1.82, 2.24) is 14.9 Å². The molecule has 0 spiro atoms. The third-order valence-electron chi connectivity index (χ3n) is 4.78. The molecule has 0 bridgehead atoms. The van der Waals surface area contributed by atoms with Gasteiger partial charge in [-0.3, -0.25) is 4.90 Å². The molecule has 2 heterocycles. The molecule has 0 radical (unpaired) electrons. The summed E-state index contributed by atoms with van der Waals surface area (Å²) in [4.78, 5) is 31.8. The number of hydrogen-bond donors (Lipinski definition) is 1. The molecule has 1 N–H and O–H groups in total. The highest BCUT2D eigenvalue weighted by molar-refractivity contribution is 5.72. The molecule has 1 saturated heterocycles. The summed E-state index contributed by atoms with van der Waals surface area (Å²) < 4.78 is 0. The van der Waals surface area contributed by atoms with E-state index in [2.05, 4.69) is 21.8 Å². The highest BCUT2D eigenvalue weighted by Crippen LogP contribution is 2.36. The Morgan fingerprint density at radius 3 is 2.54 bits per heavy atom. The number of rotatable bonds is 5. The van der Waals surface area contributed by atoms with E-state index in [0.29, 0.717) is 11.7 Å². The van der Waals surface area contributed by atoms with Gasteiger partial charge >= 0.3 is 5.82 Å². The lowest BCUT2D eigenvalue weighted by Gasteiger charge is -2.41.